The van der Waals surface area contributed by atoms with Crippen molar-refractivity contribution >= 4 is 11.4 Å². The number of nitrogens with two attached hydrogens (primary N) is 1. The average Bonchev–Trinajstić information content (AvgIpc) is 2.59. The van der Waals surface area contributed by atoms with Gasteiger partial charge < -0.3 is 16.2 Å². The van der Waals surface area contributed by atoms with Gasteiger partial charge in [-0.15, -0.1) is 0 Å². The van der Waals surface area contributed by atoms with Crippen LogP contribution in [0.2, 0.25) is 0 Å². The maximum Gasteiger partial charge on any atom is 0.165 e. The van der Waals surface area contributed by atoms with E-state index in [0.29, 0.717) is 22.7 Å². The number of anilines is 1. The molecule has 27 heavy (non-hydrogen) atoms. The number of nitrogens with zero attached hydrogens (tertiary/aromatic N) is 3. The van der Waals surface area contributed by atoms with Crippen molar-refractivity contribution < 1.29 is 5.11 Å². The molecule has 146 valence electrons. The van der Waals surface area contributed by atoms with Gasteiger partial charge in [-0.2, -0.15) is 5.26 Å². The predicted octanol–water partition coefficient (Wildman–Crippen LogP) is 4.09. The predicted molar refractivity (Wildman–Crippen MR) is 111 cm³/mol. The van der Waals surface area contributed by atoms with Crippen molar-refractivity contribution in [3.8, 4) is 6.07 Å². The van der Waals surface area contributed by atoms with Gasteiger partial charge >= 0.3 is 0 Å². The first-order valence-electron chi connectivity index (χ1n) is 9.22. The van der Waals surface area contributed by atoms with Gasteiger partial charge in [0.1, 0.15) is 23.2 Å². The van der Waals surface area contributed by atoms with Crippen molar-refractivity contribution in [3.05, 3.63) is 47.6 Å². The van der Waals surface area contributed by atoms with E-state index in [-0.39, 0.29) is 23.3 Å². The Morgan fingerprint density at radius 1 is 1.37 bits per heavy atom. The van der Waals surface area contributed by atoms with Gasteiger partial charge in [-0.05, 0) is 51.8 Å². The first-order valence-corrected chi connectivity index (χ1v) is 9.22. The van der Waals surface area contributed by atoms with Crippen LogP contribution in [-0.2, 0) is 0 Å². The standard InChI is InChI=1S/C21H31N5O/c1-7-16(9-8-14(4)12-24-6)19-18(11-22)20(23)26-21(25-19)17(15(5)27)10-13(2)3/h10,14,16,24,27H,2,5,7-9,12H2,1,3-4,6H3,(H2,23,25,26)/b17-10+. The largest absolute Gasteiger partial charge is 0.508 e. The van der Waals surface area contributed by atoms with Crippen LogP contribution in [0.3, 0.4) is 0 Å². The summed E-state index contributed by atoms with van der Waals surface area (Å²) in [4.78, 5) is 8.84. The Morgan fingerprint density at radius 3 is 2.52 bits per heavy atom. The van der Waals surface area contributed by atoms with E-state index in [1.807, 2.05) is 7.05 Å². The van der Waals surface area contributed by atoms with Crippen molar-refractivity contribution in [2.45, 2.75) is 46.0 Å². The highest BCUT2D eigenvalue weighted by Crippen LogP contribution is 2.31. The molecule has 0 saturated heterocycles. The minimum atomic E-state index is -0.163. The summed E-state index contributed by atoms with van der Waals surface area (Å²) in [7, 11) is 1.94. The molecule has 0 radical (unpaired) electrons. The summed E-state index contributed by atoms with van der Waals surface area (Å²) in [6.45, 7) is 14.4. The van der Waals surface area contributed by atoms with Gasteiger partial charge in [0.05, 0.1) is 11.3 Å². The van der Waals surface area contributed by atoms with Crippen LogP contribution in [-0.4, -0.2) is 28.7 Å². The van der Waals surface area contributed by atoms with Gasteiger partial charge in [-0.1, -0.05) is 32.6 Å². The molecule has 0 fully saturated rings. The SMILES string of the molecule is C=C(C)/C=C(\C(=C)O)c1nc(N)c(C#N)c(C(CC)CCC(C)CNC)n1. The second kappa shape index (κ2) is 10.5. The van der Waals surface area contributed by atoms with Crippen LogP contribution in [0.5, 0.6) is 0 Å². The topological polar surface area (TPSA) is 108 Å². The molecule has 0 saturated carbocycles. The quantitative estimate of drug-likeness (QED) is 0.423. The fourth-order valence-electron chi connectivity index (χ4n) is 3.02. The number of rotatable bonds is 10. The van der Waals surface area contributed by atoms with Crippen molar-refractivity contribution in [2.24, 2.45) is 5.92 Å². The summed E-state index contributed by atoms with van der Waals surface area (Å²) >= 11 is 0. The van der Waals surface area contributed by atoms with E-state index in [9.17, 15) is 10.4 Å². The lowest BCUT2D eigenvalue weighted by Crippen LogP contribution is -2.17. The summed E-state index contributed by atoms with van der Waals surface area (Å²) in [5.41, 5.74) is 8.08. The maximum atomic E-state index is 9.96. The van der Waals surface area contributed by atoms with E-state index in [1.54, 1.807) is 13.0 Å². The number of nitrogen functional groups attached to an aromatic ring is 1. The molecule has 0 aliphatic carbocycles. The van der Waals surface area contributed by atoms with E-state index in [4.69, 9.17) is 5.73 Å². The molecule has 0 aliphatic heterocycles. The molecule has 6 heteroatoms. The highest BCUT2D eigenvalue weighted by Gasteiger charge is 2.22. The Morgan fingerprint density at radius 2 is 2.04 bits per heavy atom. The molecule has 1 rings (SSSR count). The van der Waals surface area contributed by atoms with Crippen molar-refractivity contribution in [2.75, 3.05) is 19.3 Å². The monoisotopic (exact) mass is 369 g/mol. The van der Waals surface area contributed by atoms with Crippen LogP contribution in [0.4, 0.5) is 5.82 Å². The van der Waals surface area contributed by atoms with Crippen LogP contribution in [0, 0.1) is 17.2 Å². The Hall–Kier alpha value is -2.65. The minimum absolute atomic E-state index is 0.0843. The smallest absolute Gasteiger partial charge is 0.165 e. The molecule has 0 spiro atoms. The summed E-state index contributed by atoms with van der Waals surface area (Å²) in [6, 6.07) is 2.14. The van der Waals surface area contributed by atoms with Gasteiger partial charge in [0.15, 0.2) is 5.82 Å². The lowest BCUT2D eigenvalue weighted by atomic mass is 9.90. The molecule has 2 atom stereocenters. The third kappa shape index (κ3) is 6.22. The number of hydrogen-bond donors (Lipinski definition) is 3. The number of hydrogen-bond acceptors (Lipinski definition) is 6. The van der Waals surface area contributed by atoms with E-state index in [1.165, 1.54) is 0 Å². The summed E-state index contributed by atoms with van der Waals surface area (Å²) in [5, 5.41) is 22.7. The molecule has 1 heterocycles. The number of allylic oxidation sites excluding steroid dienone is 3. The Labute approximate surface area is 162 Å². The highest BCUT2D eigenvalue weighted by atomic mass is 16.3. The average molecular weight is 370 g/mol. The third-order valence-corrected chi connectivity index (χ3v) is 4.46. The third-order valence-electron chi connectivity index (χ3n) is 4.46. The Kier molecular flexibility index (Phi) is 8.70. The molecule has 0 aliphatic rings. The maximum absolute atomic E-state index is 9.96. The van der Waals surface area contributed by atoms with E-state index in [0.717, 1.165) is 31.4 Å². The first-order chi connectivity index (χ1) is 12.7. The van der Waals surface area contributed by atoms with Gasteiger partial charge in [-0.3, -0.25) is 0 Å². The molecular formula is C21H31N5O. The second-order valence-electron chi connectivity index (χ2n) is 7.00. The van der Waals surface area contributed by atoms with Crippen LogP contribution in [0.15, 0.2) is 30.6 Å². The zero-order chi connectivity index (χ0) is 20.6. The van der Waals surface area contributed by atoms with E-state index in [2.05, 4.69) is 48.4 Å². The molecule has 0 bridgehead atoms. The zero-order valence-corrected chi connectivity index (χ0v) is 16.8. The van der Waals surface area contributed by atoms with Gasteiger partial charge in [0.25, 0.3) is 0 Å². The molecule has 4 N–H and O–H groups in total. The number of nitriles is 1. The van der Waals surface area contributed by atoms with Crippen molar-refractivity contribution in [3.63, 3.8) is 0 Å². The molecule has 0 aromatic carbocycles. The van der Waals surface area contributed by atoms with Crippen LogP contribution in [0.1, 0.15) is 63.0 Å². The molecule has 6 nitrogen and oxygen atoms in total. The van der Waals surface area contributed by atoms with E-state index >= 15 is 0 Å². The number of aromatic nitrogens is 2. The lowest BCUT2D eigenvalue weighted by Gasteiger charge is -2.20. The fourth-order valence-corrected chi connectivity index (χ4v) is 3.02. The fraction of sp³-hybridized carbons (Fsp3) is 0.476. The van der Waals surface area contributed by atoms with Gasteiger partial charge in [-0.25, -0.2) is 9.97 Å². The number of aliphatic hydroxyl groups excluding tert-OH is 1. The summed E-state index contributed by atoms with van der Waals surface area (Å²) in [6.07, 6.45) is 4.38. The number of aliphatic hydroxyl groups is 1. The molecule has 1 aromatic rings. The van der Waals surface area contributed by atoms with Crippen molar-refractivity contribution in [1.29, 1.82) is 5.26 Å². The molecule has 0 amide bonds. The van der Waals surface area contributed by atoms with E-state index < -0.39 is 0 Å². The highest BCUT2D eigenvalue weighted by molar-refractivity contribution is 5.75. The Balaban J connectivity index is 3.39. The summed E-state index contributed by atoms with van der Waals surface area (Å²) < 4.78 is 0. The minimum Gasteiger partial charge on any atom is -0.508 e. The number of nitrogens with one attached hydrogen (secondary N) is 1. The zero-order valence-electron chi connectivity index (χ0n) is 16.8. The van der Waals surface area contributed by atoms with Gasteiger partial charge in [0, 0.05) is 5.92 Å². The van der Waals surface area contributed by atoms with Crippen LogP contribution < -0.4 is 11.1 Å². The van der Waals surface area contributed by atoms with Gasteiger partial charge in [0.2, 0.25) is 0 Å². The molecular weight excluding hydrogens is 338 g/mol. The Bertz CT molecular complexity index is 761. The van der Waals surface area contributed by atoms with Crippen LogP contribution in [0.25, 0.3) is 5.57 Å². The van der Waals surface area contributed by atoms with Crippen LogP contribution >= 0.6 is 0 Å². The molecule has 1 aromatic heterocycles. The summed E-state index contributed by atoms with van der Waals surface area (Å²) in [5.74, 6) is 0.820. The lowest BCUT2D eigenvalue weighted by molar-refractivity contribution is 0.438. The normalized spacial score (nSPS) is 13.7. The van der Waals surface area contributed by atoms with Crippen molar-refractivity contribution in [1.82, 2.24) is 15.3 Å². The second-order valence-corrected chi connectivity index (χ2v) is 7.00. The first kappa shape index (κ1) is 22.4. The molecule has 2 unspecified atom stereocenters.